The predicted molar refractivity (Wildman–Crippen MR) is 113 cm³/mol. The molecule has 2 heterocycles. The van der Waals surface area contributed by atoms with E-state index in [1.54, 1.807) is 41.3 Å². The molecule has 2 fully saturated rings. The van der Waals surface area contributed by atoms with Crippen LogP contribution in [-0.2, 0) is 23.8 Å². The second-order valence-corrected chi connectivity index (χ2v) is 9.75. The first-order valence-electron chi connectivity index (χ1n) is 10.2. The van der Waals surface area contributed by atoms with Crippen molar-refractivity contribution >= 4 is 22.0 Å². The molecule has 7 nitrogen and oxygen atoms in total. The highest BCUT2D eigenvalue weighted by molar-refractivity contribution is 7.86. The predicted octanol–water partition coefficient (Wildman–Crippen LogP) is 2.94. The molecule has 8 heteroatoms. The fourth-order valence-corrected chi connectivity index (χ4v) is 5.82. The van der Waals surface area contributed by atoms with E-state index in [0.29, 0.717) is 24.8 Å². The van der Waals surface area contributed by atoms with Crippen LogP contribution in [-0.4, -0.2) is 50.5 Å². The lowest BCUT2D eigenvalue weighted by Crippen LogP contribution is -2.55. The van der Waals surface area contributed by atoms with E-state index in [0.717, 1.165) is 5.56 Å². The second-order valence-electron chi connectivity index (χ2n) is 8.13. The lowest BCUT2D eigenvalue weighted by Gasteiger charge is -2.36. The van der Waals surface area contributed by atoms with Crippen molar-refractivity contribution in [3.63, 3.8) is 0 Å². The molecule has 0 radical (unpaired) electrons. The summed E-state index contributed by atoms with van der Waals surface area (Å²) in [6.07, 6.45) is 1.56. The van der Waals surface area contributed by atoms with E-state index in [2.05, 4.69) is 0 Å². The number of hydrogen-bond donors (Lipinski definition) is 0. The fraction of sp³-hybridized carbons (Fsp3) is 0.391. The Morgan fingerprint density at radius 2 is 1.77 bits per heavy atom. The van der Waals surface area contributed by atoms with Crippen LogP contribution in [0.1, 0.15) is 35.2 Å². The third-order valence-corrected chi connectivity index (χ3v) is 7.69. The summed E-state index contributed by atoms with van der Waals surface area (Å²) in [4.78, 5) is 27.9. The minimum atomic E-state index is -3.99. The molecule has 4 rings (SSSR count). The first-order chi connectivity index (χ1) is 14.8. The van der Waals surface area contributed by atoms with Crippen molar-refractivity contribution < 1.29 is 26.9 Å². The van der Waals surface area contributed by atoms with Crippen molar-refractivity contribution in [1.29, 1.82) is 0 Å². The number of ether oxygens (including phenoxy) is 1. The Morgan fingerprint density at radius 1 is 1.10 bits per heavy atom. The normalized spacial score (nSPS) is 24.9. The van der Waals surface area contributed by atoms with Crippen molar-refractivity contribution in [3.8, 4) is 0 Å². The third-order valence-electron chi connectivity index (χ3n) is 6.40. The zero-order valence-corrected chi connectivity index (χ0v) is 18.3. The molecule has 31 heavy (non-hydrogen) atoms. The molecular formula is C23H25NO6S. The summed E-state index contributed by atoms with van der Waals surface area (Å²) in [5.41, 5.74) is 0.193. The van der Waals surface area contributed by atoms with Crippen molar-refractivity contribution in [2.45, 2.75) is 42.7 Å². The summed E-state index contributed by atoms with van der Waals surface area (Å²) in [5.74, 6) is -1.26. The van der Waals surface area contributed by atoms with Gasteiger partial charge in [0.25, 0.3) is 16.0 Å². The number of carbonyl (C=O) groups excluding carboxylic acids is 2. The molecule has 2 bridgehead atoms. The molecule has 2 aromatic rings. The number of aryl methyl sites for hydroxylation is 1. The van der Waals surface area contributed by atoms with Gasteiger partial charge in [-0.1, -0.05) is 35.9 Å². The number of fused-ring (bicyclic) bond motifs is 2. The van der Waals surface area contributed by atoms with Crippen LogP contribution >= 0.6 is 0 Å². The monoisotopic (exact) mass is 443 g/mol. The Hall–Kier alpha value is -2.71. The number of carbonyl (C=O) groups is 2. The molecule has 0 unspecified atom stereocenters. The second kappa shape index (κ2) is 8.09. The summed E-state index contributed by atoms with van der Waals surface area (Å²) in [6, 6.07) is 15.0. The van der Waals surface area contributed by atoms with E-state index in [1.165, 1.54) is 19.2 Å². The van der Waals surface area contributed by atoms with Crippen LogP contribution in [0.15, 0.2) is 59.5 Å². The van der Waals surface area contributed by atoms with Gasteiger partial charge >= 0.3 is 5.97 Å². The number of rotatable bonds is 6. The van der Waals surface area contributed by atoms with Gasteiger partial charge in [0, 0.05) is 17.5 Å². The van der Waals surface area contributed by atoms with Gasteiger partial charge in [-0.15, -0.1) is 0 Å². The Kier molecular flexibility index (Phi) is 5.61. The third kappa shape index (κ3) is 3.64. The van der Waals surface area contributed by atoms with E-state index in [1.807, 2.05) is 13.0 Å². The van der Waals surface area contributed by atoms with Crippen LogP contribution < -0.4 is 0 Å². The molecule has 0 saturated carbocycles. The van der Waals surface area contributed by atoms with Crippen molar-refractivity contribution in [2.75, 3.05) is 13.7 Å². The van der Waals surface area contributed by atoms with Gasteiger partial charge in [-0.05, 0) is 50.5 Å². The molecule has 2 aliphatic rings. The van der Waals surface area contributed by atoms with Gasteiger partial charge in [0.2, 0.25) is 0 Å². The van der Waals surface area contributed by atoms with Crippen molar-refractivity contribution in [2.24, 2.45) is 5.92 Å². The summed E-state index contributed by atoms with van der Waals surface area (Å²) >= 11 is 0. The number of esters is 1. The average molecular weight is 444 g/mol. The molecule has 2 aliphatic heterocycles. The highest BCUT2D eigenvalue weighted by atomic mass is 32.2. The Bertz CT molecular complexity index is 1080. The minimum absolute atomic E-state index is 0.0607. The van der Waals surface area contributed by atoms with Gasteiger partial charge < -0.3 is 9.64 Å². The van der Waals surface area contributed by atoms with Gasteiger partial charge in [-0.3, -0.25) is 8.98 Å². The smallest absolute Gasteiger partial charge is 0.332 e. The quantitative estimate of drug-likeness (QED) is 0.504. The van der Waals surface area contributed by atoms with Crippen LogP contribution in [0, 0.1) is 12.8 Å². The summed E-state index contributed by atoms with van der Waals surface area (Å²) < 4.78 is 35.8. The fourth-order valence-electron chi connectivity index (χ4n) is 4.87. The first kappa shape index (κ1) is 21.5. The maximum absolute atomic E-state index is 13.3. The topological polar surface area (TPSA) is 90.0 Å². The lowest BCUT2D eigenvalue weighted by molar-refractivity contribution is -0.154. The molecule has 2 aromatic carbocycles. The van der Waals surface area contributed by atoms with Crippen LogP contribution in [0.2, 0.25) is 0 Å². The largest absolute Gasteiger partial charge is 0.467 e. The van der Waals surface area contributed by atoms with Crippen LogP contribution in [0.5, 0.6) is 0 Å². The van der Waals surface area contributed by atoms with Gasteiger partial charge in [0.05, 0.1) is 18.6 Å². The maximum atomic E-state index is 13.3. The van der Waals surface area contributed by atoms with Gasteiger partial charge in [0.1, 0.15) is 5.54 Å². The van der Waals surface area contributed by atoms with E-state index in [4.69, 9.17) is 8.92 Å². The molecule has 164 valence electrons. The van der Waals surface area contributed by atoms with Crippen LogP contribution in [0.25, 0.3) is 0 Å². The molecule has 0 aliphatic carbocycles. The highest BCUT2D eigenvalue weighted by Gasteiger charge is 2.65. The van der Waals surface area contributed by atoms with Crippen molar-refractivity contribution in [3.05, 3.63) is 65.7 Å². The van der Waals surface area contributed by atoms with Crippen LogP contribution in [0.4, 0.5) is 0 Å². The number of nitrogens with zero attached hydrogens (tertiary/aromatic N) is 1. The maximum Gasteiger partial charge on any atom is 0.332 e. The first-order valence-corrected chi connectivity index (χ1v) is 11.6. The number of hydrogen-bond acceptors (Lipinski definition) is 6. The summed E-state index contributed by atoms with van der Waals surface area (Å²) in [7, 11) is -2.70. The van der Waals surface area contributed by atoms with E-state index in [-0.39, 0.29) is 23.5 Å². The Labute approximate surface area is 182 Å². The molecule has 2 saturated heterocycles. The van der Waals surface area contributed by atoms with Crippen LogP contribution in [0.3, 0.4) is 0 Å². The standard InChI is InChI=1S/C23H25NO6S/c1-16-8-10-20(11-9-16)31(27,28)30-15-18-14-19-12-13-23(18,22(26)29-2)24(19)21(25)17-6-4-3-5-7-17/h3-11,18-19H,12-15H2,1-2H3/t18-,19+,23-/m0/s1. The molecule has 0 spiro atoms. The highest BCUT2D eigenvalue weighted by Crippen LogP contribution is 2.51. The zero-order valence-electron chi connectivity index (χ0n) is 17.5. The lowest BCUT2D eigenvalue weighted by atomic mass is 9.78. The minimum Gasteiger partial charge on any atom is -0.467 e. The number of methoxy groups -OCH3 is 1. The summed E-state index contributed by atoms with van der Waals surface area (Å²) in [6.45, 7) is 1.67. The van der Waals surface area contributed by atoms with Crippen molar-refractivity contribution in [1.82, 2.24) is 4.90 Å². The summed E-state index contributed by atoms with van der Waals surface area (Å²) in [5, 5.41) is 0. The average Bonchev–Trinajstić information content (AvgIpc) is 3.31. The molecule has 0 aromatic heterocycles. The number of benzene rings is 2. The number of amides is 1. The SMILES string of the molecule is COC(=O)[C@]12CC[C@H](C[C@H]1COS(=O)(=O)c1ccc(C)cc1)N2C(=O)c1ccccc1. The molecule has 0 N–H and O–H groups in total. The van der Waals surface area contributed by atoms with E-state index >= 15 is 0 Å². The Morgan fingerprint density at radius 3 is 2.42 bits per heavy atom. The van der Waals surface area contributed by atoms with E-state index in [9.17, 15) is 18.0 Å². The Balaban J connectivity index is 1.61. The van der Waals surface area contributed by atoms with Gasteiger partial charge in [-0.2, -0.15) is 8.42 Å². The van der Waals surface area contributed by atoms with Gasteiger partial charge in [0.15, 0.2) is 0 Å². The molecule has 3 atom stereocenters. The zero-order chi connectivity index (χ0) is 22.2. The van der Waals surface area contributed by atoms with E-state index < -0.39 is 27.5 Å². The van der Waals surface area contributed by atoms with Gasteiger partial charge in [-0.25, -0.2) is 4.79 Å². The molecular weight excluding hydrogens is 418 g/mol. The molecule has 1 amide bonds.